The van der Waals surface area contributed by atoms with Crippen molar-refractivity contribution in [3.8, 4) is 6.07 Å². The summed E-state index contributed by atoms with van der Waals surface area (Å²) < 4.78 is 31.7. The molecule has 0 aliphatic carbocycles. The first kappa shape index (κ1) is 27.2. The van der Waals surface area contributed by atoms with Gasteiger partial charge in [0, 0.05) is 29.5 Å². The Bertz CT molecular complexity index is 1180. The Morgan fingerprint density at radius 2 is 1.60 bits per heavy atom. The number of amides is 1. The number of benzene rings is 3. The van der Waals surface area contributed by atoms with Gasteiger partial charge in [-0.2, -0.15) is 18.4 Å². The number of rotatable bonds is 8. The summed E-state index contributed by atoms with van der Waals surface area (Å²) in [4.78, 5) is 23.5. The van der Waals surface area contributed by atoms with Crippen LogP contribution in [0.1, 0.15) is 24.5 Å². The highest BCUT2D eigenvalue weighted by Crippen LogP contribution is 2.29. The number of carboxylic acids is 1. The number of aliphatic carboxylic acids is 1. The van der Waals surface area contributed by atoms with Crippen molar-refractivity contribution >= 4 is 28.3 Å². The first-order chi connectivity index (χ1) is 16.7. The average molecular weight is 486 g/mol. The van der Waals surface area contributed by atoms with Gasteiger partial charge in [0.1, 0.15) is 0 Å². The lowest BCUT2D eigenvalue weighted by molar-refractivity contribution is -0.192. The molecule has 3 aromatic carbocycles. The van der Waals surface area contributed by atoms with Gasteiger partial charge in [-0.3, -0.25) is 4.79 Å². The summed E-state index contributed by atoms with van der Waals surface area (Å²) in [6, 6.07) is 24.1. The number of nitriles is 1. The number of fused-ring (bicyclic) bond motifs is 1. The number of hydrogen-bond donors (Lipinski definition) is 2. The van der Waals surface area contributed by atoms with E-state index in [-0.39, 0.29) is 5.91 Å². The molecule has 35 heavy (non-hydrogen) atoms. The molecule has 0 saturated heterocycles. The molecular formula is C26H26F3N3O3. The summed E-state index contributed by atoms with van der Waals surface area (Å²) in [5.41, 5.74) is 2.86. The Morgan fingerprint density at radius 1 is 1.00 bits per heavy atom. The molecule has 0 radical (unpaired) electrons. The van der Waals surface area contributed by atoms with E-state index in [0.29, 0.717) is 18.7 Å². The van der Waals surface area contributed by atoms with E-state index >= 15 is 0 Å². The van der Waals surface area contributed by atoms with E-state index in [1.165, 1.54) is 5.56 Å². The summed E-state index contributed by atoms with van der Waals surface area (Å²) in [5, 5.41) is 21.5. The molecule has 0 saturated carbocycles. The minimum Gasteiger partial charge on any atom is -0.475 e. The summed E-state index contributed by atoms with van der Waals surface area (Å²) in [7, 11) is 0. The lowest BCUT2D eigenvalue weighted by Gasteiger charge is -2.25. The van der Waals surface area contributed by atoms with Crippen LogP contribution in [-0.2, 0) is 16.0 Å². The van der Waals surface area contributed by atoms with Crippen LogP contribution in [0.5, 0.6) is 0 Å². The zero-order chi connectivity index (χ0) is 25.8. The van der Waals surface area contributed by atoms with Gasteiger partial charge < -0.3 is 15.3 Å². The number of carbonyl (C=O) groups is 2. The molecule has 2 N–H and O–H groups in total. The second kappa shape index (κ2) is 13.0. The van der Waals surface area contributed by atoms with Gasteiger partial charge in [0.2, 0.25) is 5.91 Å². The summed E-state index contributed by atoms with van der Waals surface area (Å²) in [6.07, 6.45) is -3.33. The van der Waals surface area contributed by atoms with Crippen LogP contribution < -0.4 is 10.2 Å². The molecule has 0 heterocycles. The van der Waals surface area contributed by atoms with Crippen molar-refractivity contribution in [2.24, 2.45) is 0 Å². The standard InChI is InChI=1S/C24H25N3O.C2HF3O2/c1-2-16-27(18-24(28)26-15-14-19-8-4-3-5-9-19)23-13-12-20(17-25)21-10-6-7-11-22(21)23;3-2(4,5)1(6)7/h3-13H,2,14-16,18H2,1H3,(H,26,28);(H,6,7). The number of nitrogens with zero attached hydrogens (tertiary/aromatic N) is 2. The monoisotopic (exact) mass is 485 g/mol. The van der Waals surface area contributed by atoms with Crippen LogP contribution in [-0.4, -0.2) is 42.8 Å². The molecule has 1 amide bonds. The van der Waals surface area contributed by atoms with Gasteiger partial charge in [-0.1, -0.05) is 61.5 Å². The molecule has 6 nitrogen and oxygen atoms in total. The molecule has 0 aliphatic heterocycles. The summed E-state index contributed by atoms with van der Waals surface area (Å²) in [5.74, 6) is -2.75. The predicted octanol–water partition coefficient (Wildman–Crippen LogP) is 4.92. The van der Waals surface area contributed by atoms with E-state index in [1.807, 2.05) is 54.6 Å². The first-order valence-corrected chi connectivity index (χ1v) is 10.9. The molecule has 9 heteroatoms. The first-order valence-electron chi connectivity index (χ1n) is 10.9. The van der Waals surface area contributed by atoms with Crippen LogP contribution in [0.15, 0.2) is 66.7 Å². The molecule has 0 fully saturated rings. The Balaban J connectivity index is 0.000000540. The van der Waals surface area contributed by atoms with E-state index < -0.39 is 12.1 Å². The molecule has 0 atom stereocenters. The molecule has 0 bridgehead atoms. The SMILES string of the molecule is CCCN(CC(=O)NCCc1ccccc1)c1ccc(C#N)c2ccccc12.O=C(O)C(F)(F)F. The minimum absolute atomic E-state index is 0.0119. The van der Waals surface area contributed by atoms with Crippen LogP contribution >= 0.6 is 0 Å². The molecule has 0 spiro atoms. The lowest BCUT2D eigenvalue weighted by atomic mass is 10.0. The van der Waals surface area contributed by atoms with E-state index in [2.05, 4.69) is 35.3 Å². The van der Waals surface area contributed by atoms with Crippen molar-refractivity contribution < 1.29 is 27.9 Å². The van der Waals surface area contributed by atoms with Gasteiger partial charge in [0.25, 0.3) is 0 Å². The number of nitrogens with one attached hydrogen (secondary N) is 1. The van der Waals surface area contributed by atoms with Crippen molar-refractivity contribution in [2.45, 2.75) is 25.9 Å². The van der Waals surface area contributed by atoms with Crippen molar-refractivity contribution in [1.82, 2.24) is 5.32 Å². The second-order valence-corrected chi connectivity index (χ2v) is 7.60. The highest BCUT2D eigenvalue weighted by Gasteiger charge is 2.38. The Kier molecular flexibility index (Phi) is 10.1. The summed E-state index contributed by atoms with van der Waals surface area (Å²) in [6.45, 7) is 3.81. The lowest BCUT2D eigenvalue weighted by Crippen LogP contribution is -2.38. The van der Waals surface area contributed by atoms with Gasteiger partial charge in [-0.25, -0.2) is 4.79 Å². The van der Waals surface area contributed by atoms with Gasteiger partial charge in [-0.15, -0.1) is 0 Å². The zero-order valence-electron chi connectivity index (χ0n) is 19.2. The molecule has 3 aromatic rings. The zero-order valence-corrected chi connectivity index (χ0v) is 19.2. The van der Waals surface area contributed by atoms with E-state index in [1.54, 1.807) is 0 Å². The molecule has 0 unspecified atom stereocenters. The third kappa shape index (κ3) is 8.34. The van der Waals surface area contributed by atoms with Crippen LogP contribution in [0.25, 0.3) is 10.8 Å². The smallest absolute Gasteiger partial charge is 0.475 e. The molecule has 184 valence electrons. The maximum absolute atomic E-state index is 12.5. The van der Waals surface area contributed by atoms with Crippen molar-refractivity contribution in [2.75, 3.05) is 24.5 Å². The quantitative estimate of drug-likeness (QED) is 0.472. The normalized spacial score (nSPS) is 10.6. The van der Waals surface area contributed by atoms with Gasteiger partial charge >= 0.3 is 12.1 Å². The minimum atomic E-state index is -5.08. The van der Waals surface area contributed by atoms with Gasteiger partial charge in [0.15, 0.2) is 0 Å². The fourth-order valence-corrected chi connectivity index (χ4v) is 3.43. The highest BCUT2D eigenvalue weighted by atomic mass is 19.4. The van der Waals surface area contributed by atoms with Crippen molar-refractivity contribution in [3.05, 3.63) is 77.9 Å². The molecule has 0 aromatic heterocycles. The fraction of sp³-hybridized carbons (Fsp3) is 0.269. The van der Waals surface area contributed by atoms with Crippen molar-refractivity contribution in [1.29, 1.82) is 5.26 Å². The maximum atomic E-state index is 12.5. The Hall–Kier alpha value is -4.06. The second-order valence-electron chi connectivity index (χ2n) is 7.60. The maximum Gasteiger partial charge on any atom is 0.490 e. The average Bonchev–Trinajstić information content (AvgIpc) is 2.83. The molecule has 0 aliphatic rings. The molecule has 3 rings (SSSR count). The van der Waals surface area contributed by atoms with Crippen LogP contribution in [0.2, 0.25) is 0 Å². The Labute approximate surface area is 201 Å². The van der Waals surface area contributed by atoms with E-state index in [4.69, 9.17) is 9.90 Å². The van der Waals surface area contributed by atoms with Gasteiger partial charge in [-0.05, 0) is 30.5 Å². The fourth-order valence-electron chi connectivity index (χ4n) is 3.43. The number of anilines is 1. The molecular weight excluding hydrogens is 459 g/mol. The number of alkyl halides is 3. The third-order valence-corrected chi connectivity index (χ3v) is 5.01. The third-order valence-electron chi connectivity index (χ3n) is 5.01. The van der Waals surface area contributed by atoms with Gasteiger partial charge in [0.05, 0.1) is 18.2 Å². The number of carbonyl (C=O) groups excluding carboxylic acids is 1. The van der Waals surface area contributed by atoms with Crippen LogP contribution in [0.3, 0.4) is 0 Å². The van der Waals surface area contributed by atoms with Crippen molar-refractivity contribution in [3.63, 3.8) is 0 Å². The summed E-state index contributed by atoms with van der Waals surface area (Å²) >= 11 is 0. The van der Waals surface area contributed by atoms with Crippen LogP contribution in [0, 0.1) is 11.3 Å². The number of halogens is 3. The van der Waals surface area contributed by atoms with E-state index in [9.17, 15) is 23.2 Å². The Morgan fingerprint density at radius 3 is 2.17 bits per heavy atom. The number of hydrogen-bond acceptors (Lipinski definition) is 4. The predicted molar refractivity (Wildman–Crippen MR) is 128 cm³/mol. The number of carboxylic acid groups (broad SMARTS) is 1. The highest BCUT2D eigenvalue weighted by molar-refractivity contribution is 5.99. The van der Waals surface area contributed by atoms with Crippen LogP contribution in [0.4, 0.5) is 18.9 Å². The van der Waals surface area contributed by atoms with E-state index in [0.717, 1.165) is 35.8 Å². The topological polar surface area (TPSA) is 93.4 Å². The largest absolute Gasteiger partial charge is 0.490 e.